The molecule has 12 heavy (non-hydrogen) atoms. The minimum absolute atomic E-state index is 0.284. The lowest BCUT2D eigenvalue weighted by Crippen LogP contribution is -2.20. The average Bonchev–Trinajstić information content (AvgIpc) is 2.51. The number of hydrogen-bond acceptors (Lipinski definition) is 2. The van der Waals surface area contributed by atoms with Crippen LogP contribution in [0.5, 0.6) is 0 Å². The Hall–Kier alpha value is -0.730. The second-order valence-electron chi connectivity index (χ2n) is 3.68. The Morgan fingerprint density at radius 1 is 1.42 bits per heavy atom. The topological polar surface area (TPSA) is 47.6 Å². The van der Waals surface area contributed by atoms with Crippen LogP contribution in [0.25, 0.3) is 0 Å². The van der Waals surface area contributed by atoms with Gasteiger partial charge < -0.3 is 10.6 Å². The van der Waals surface area contributed by atoms with E-state index in [1.165, 1.54) is 12.8 Å². The van der Waals surface area contributed by atoms with E-state index in [9.17, 15) is 0 Å². The van der Waals surface area contributed by atoms with E-state index in [0.29, 0.717) is 11.9 Å². The standard InChI is InChI=1S/C9H18N2O/c1-7(2)9(10)11-12-8-5-3-4-6-8/h7-8H,3-6H2,1-2H3,(H2,10,11). The van der Waals surface area contributed by atoms with Gasteiger partial charge in [-0.3, -0.25) is 0 Å². The van der Waals surface area contributed by atoms with E-state index in [2.05, 4.69) is 5.16 Å². The molecule has 0 atom stereocenters. The minimum atomic E-state index is 0.284. The lowest BCUT2D eigenvalue weighted by molar-refractivity contribution is 0.0632. The zero-order valence-corrected chi connectivity index (χ0v) is 7.92. The first-order valence-corrected chi connectivity index (χ1v) is 4.69. The van der Waals surface area contributed by atoms with Gasteiger partial charge in [0.1, 0.15) is 11.9 Å². The molecular formula is C9H18N2O. The molecule has 1 saturated carbocycles. The zero-order valence-electron chi connectivity index (χ0n) is 7.92. The molecular weight excluding hydrogens is 152 g/mol. The number of oxime groups is 1. The number of nitrogens with zero attached hydrogens (tertiary/aromatic N) is 1. The maximum absolute atomic E-state index is 5.62. The molecule has 2 N–H and O–H groups in total. The maximum Gasteiger partial charge on any atom is 0.141 e. The molecule has 70 valence electrons. The summed E-state index contributed by atoms with van der Waals surface area (Å²) < 4.78 is 0. The predicted molar refractivity (Wildman–Crippen MR) is 49.8 cm³/mol. The zero-order chi connectivity index (χ0) is 8.97. The van der Waals surface area contributed by atoms with Crippen molar-refractivity contribution in [3.63, 3.8) is 0 Å². The molecule has 0 bridgehead atoms. The van der Waals surface area contributed by atoms with Crippen molar-refractivity contribution < 1.29 is 4.84 Å². The third-order valence-electron chi connectivity index (χ3n) is 2.20. The van der Waals surface area contributed by atoms with Crippen molar-refractivity contribution in [3.05, 3.63) is 0 Å². The number of rotatable bonds is 3. The van der Waals surface area contributed by atoms with Crippen molar-refractivity contribution in [2.45, 2.75) is 45.6 Å². The fourth-order valence-electron chi connectivity index (χ4n) is 1.23. The second-order valence-corrected chi connectivity index (χ2v) is 3.68. The fourth-order valence-corrected chi connectivity index (χ4v) is 1.23. The van der Waals surface area contributed by atoms with E-state index in [1.807, 2.05) is 13.8 Å². The van der Waals surface area contributed by atoms with Crippen LogP contribution in [0.1, 0.15) is 39.5 Å². The summed E-state index contributed by atoms with van der Waals surface area (Å²) in [7, 11) is 0. The Bertz CT molecular complexity index is 160. The smallest absolute Gasteiger partial charge is 0.141 e. The Labute approximate surface area is 74.0 Å². The highest BCUT2D eigenvalue weighted by atomic mass is 16.6. The monoisotopic (exact) mass is 170 g/mol. The first-order valence-electron chi connectivity index (χ1n) is 4.69. The SMILES string of the molecule is CC(C)/C(N)=N\OC1CCCC1. The van der Waals surface area contributed by atoms with Crippen LogP contribution in [-0.4, -0.2) is 11.9 Å². The van der Waals surface area contributed by atoms with Gasteiger partial charge in [-0.15, -0.1) is 0 Å². The van der Waals surface area contributed by atoms with Crippen LogP contribution < -0.4 is 5.73 Å². The predicted octanol–water partition coefficient (Wildman–Crippen LogP) is 1.87. The highest BCUT2D eigenvalue weighted by Crippen LogP contribution is 2.20. The molecule has 1 aliphatic rings. The third kappa shape index (κ3) is 2.72. The molecule has 0 heterocycles. The summed E-state index contributed by atoms with van der Waals surface area (Å²) in [6.07, 6.45) is 5.12. The molecule has 3 nitrogen and oxygen atoms in total. The lowest BCUT2D eigenvalue weighted by atomic mass is 10.2. The van der Waals surface area contributed by atoms with Crippen LogP contribution in [0.2, 0.25) is 0 Å². The molecule has 0 unspecified atom stereocenters. The van der Waals surface area contributed by atoms with E-state index in [0.717, 1.165) is 12.8 Å². The number of hydrogen-bond donors (Lipinski definition) is 1. The van der Waals surface area contributed by atoms with Crippen LogP contribution in [-0.2, 0) is 4.84 Å². The first-order chi connectivity index (χ1) is 5.70. The Kier molecular flexibility index (Phi) is 3.38. The van der Waals surface area contributed by atoms with E-state index < -0.39 is 0 Å². The van der Waals surface area contributed by atoms with Gasteiger partial charge in [-0.1, -0.05) is 19.0 Å². The summed E-state index contributed by atoms with van der Waals surface area (Å²) >= 11 is 0. The molecule has 0 aromatic heterocycles. The van der Waals surface area contributed by atoms with Crippen LogP contribution in [0.4, 0.5) is 0 Å². The molecule has 1 fully saturated rings. The molecule has 1 rings (SSSR count). The highest BCUT2D eigenvalue weighted by Gasteiger charge is 2.16. The Morgan fingerprint density at radius 2 is 2.00 bits per heavy atom. The van der Waals surface area contributed by atoms with E-state index in [-0.39, 0.29) is 5.92 Å². The van der Waals surface area contributed by atoms with Gasteiger partial charge in [0.15, 0.2) is 0 Å². The summed E-state index contributed by atoms with van der Waals surface area (Å²) in [5, 5.41) is 3.90. The normalized spacial score (nSPS) is 20.4. The first kappa shape index (κ1) is 9.36. The van der Waals surface area contributed by atoms with Gasteiger partial charge in [-0.2, -0.15) is 0 Å². The molecule has 0 amide bonds. The van der Waals surface area contributed by atoms with Crippen molar-refractivity contribution in [1.82, 2.24) is 0 Å². The van der Waals surface area contributed by atoms with Crippen molar-refractivity contribution >= 4 is 5.84 Å². The van der Waals surface area contributed by atoms with Crippen molar-refractivity contribution in [3.8, 4) is 0 Å². The van der Waals surface area contributed by atoms with Gasteiger partial charge in [0.25, 0.3) is 0 Å². The fraction of sp³-hybridized carbons (Fsp3) is 0.889. The Balaban J connectivity index is 2.26. The van der Waals surface area contributed by atoms with Gasteiger partial charge in [0, 0.05) is 5.92 Å². The largest absolute Gasteiger partial charge is 0.391 e. The molecule has 0 spiro atoms. The van der Waals surface area contributed by atoms with Crippen molar-refractivity contribution in [1.29, 1.82) is 0 Å². The molecule has 0 radical (unpaired) electrons. The second kappa shape index (κ2) is 4.33. The van der Waals surface area contributed by atoms with Gasteiger partial charge in [-0.25, -0.2) is 0 Å². The van der Waals surface area contributed by atoms with E-state index in [1.54, 1.807) is 0 Å². The summed E-state index contributed by atoms with van der Waals surface area (Å²) in [6, 6.07) is 0. The minimum Gasteiger partial charge on any atom is -0.391 e. The van der Waals surface area contributed by atoms with Crippen LogP contribution in [0.3, 0.4) is 0 Å². The van der Waals surface area contributed by atoms with Crippen molar-refractivity contribution in [2.24, 2.45) is 16.8 Å². The molecule has 1 aliphatic carbocycles. The maximum atomic E-state index is 5.62. The lowest BCUT2D eigenvalue weighted by Gasteiger charge is -2.08. The Morgan fingerprint density at radius 3 is 2.50 bits per heavy atom. The van der Waals surface area contributed by atoms with E-state index in [4.69, 9.17) is 10.6 Å². The van der Waals surface area contributed by atoms with Crippen molar-refractivity contribution in [2.75, 3.05) is 0 Å². The number of nitrogens with two attached hydrogens (primary N) is 1. The van der Waals surface area contributed by atoms with Gasteiger partial charge in [0.05, 0.1) is 0 Å². The van der Waals surface area contributed by atoms with Crippen LogP contribution in [0, 0.1) is 5.92 Å². The summed E-state index contributed by atoms with van der Waals surface area (Å²) in [6.45, 7) is 4.02. The molecule has 0 aromatic rings. The van der Waals surface area contributed by atoms with Crippen LogP contribution in [0.15, 0.2) is 5.16 Å². The molecule has 3 heteroatoms. The quantitative estimate of drug-likeness (QED) is 0.399. The summed E-state index contributed by atoms with van der Waals surface area (Å²) in [5.74, 6) is 0.883. The van der Waals surface area contributed by atoms with E-state index >= 15 is 0 Å². The molecule has 0 aliphatic heterocycles. The van der Waals surface area contributed by atoms with Gasteiger partial charge in [0.2, 0.25) is 0 Å². The van der Waals surface area contributed by atoms with Gasteiger partial charge >= 0.3 is 0 Å². The molecule has 0 aromatic carbocycles. The highest BCUT2D eigenvalue weighted by molar-refractivity contribution is 5.81. The third-order valence-corrected chi connectivity index (χ3v) is 2.20. The van der Waals surface area contributed by atoms with Gasteiger partial charge in [-0.05, 0) is 25.7 Å². The summed E-state index contributed by atoms with van der Waals surface area (Å²) in [4.78, 5) is 5.29. The van der Waals surface area contributed by atoms with Crippen LogP contribution >= 0.6 is 0 Å². The molecule has 0 saturated heterocycles. The average molecular weight is 170 g/mol. The summed E-state index contributed by atoms with van der Waals surface area (Å²) in [5.41, 5.74) is 5.62. The number of amidine groups is 1.